The molecule has 0 radical (unpaired) electrons. The summed E-state index contributed by atoms with van der Waals surface area (Å²) in [6, 6.07) is 0. The van der Waals surface area contributed by atoms with Crippen LogP contribution in [0.5, 0.6) is 0 Å². The molecule has 0 aliphatic carbocycles. The van der Waals surface area contributed by atoms with Crippen molar-refractivity contribution >= 4 is 51.4 Å². The lowest BCUT2D eigenvalue weighted by molar-refractivity contribution is 0.899. The van der Waals surface area contributed by atoms with Crippen LogP contribution in [-0.2, 0) is 0 Å². The smallest absolute Gasteiger partial charge is 0.227 e. The molecular weight excluding hydrogens is 303 g/mol. The first-order valence-electron chi connectivity index (χ1n) is 4.30. The van der Waals surface area contributed by atoms with Gasteiger partial charge in [0.1, 0.15) is 0 Å². The normalized spacial score (nSPS) is 10.6. The Morgan fingerprint density at radius 3 is 2.24 bits per heavy atom. The first-order valence-corrected chi connectivity index (χ1v) is 6.69. The summed E-state index contributed by atoms with van der Waals surface area (Å²) in [4.78, 5) is 13.4. The minimum absolute atomic E-state index is 0.0600. The van der Waals surface area contributed by atoms with Gasteiger partial charge in [0.2, 0.25) is 15.7 Å². The van der Waals surface area contributed by atoms with Crippen LogP contribution in [0.2, 0.25) is 10.6 Å². The molecule has 10 heteroatoms. The quantitative estimate of drug-likeness (QED) is 0.861. The SMILES string of the molecule is CN(C)c1nnc(Sc2nc(Cl)nc(Cl)n2)s1. The topological polar surface area (TPSA) is 67.7 Å². The second-order valence-corrected chi connectivity index (χ2v) is 5.85. The molecule has 0 atom stereocenters. The molecule has 0 aliphatic heterocycles. The maximum absolute atomic E-state index is 5.67. The van der Waals surface area contributed by atoms with Crippen molar-refractivity contribution in [2.45, 2.75) is 9.50 Å². The van der Waals surface area contributed by atoms with Crippen molar-refractivity contribution in [2.75, 3.05) is 19.0 Å². The number of hydrogen-bond acceptors (Lipinski definition) is 8. The van der Waals surface area contributed by atoms with Gasteiger partial charge in [-0.05, 0) is 35.0 Å². The molecule has 0 saturated carbocycles. The van der Waals surface area contributed by atoms with Crippen LogP contribution in [0.25, 0.3) is 0 Å². The van der Waals surface area contributed by atoms with Crippen molar-refractivity contribution in [3.8, 4) is 0 Å². The highest BCUT2D eigenvalue weighted by Gasteiger charge is 2.10. The maximum atomic E-state index is 5.67. The molecule has 2 aromatic rings. The summed E-state index contributed by atoms with van der Waals surface area (Å²) in [6.07, 6.45) is 0. The van der Waals surface area contributed by atoms with Crippen molar-refractivity contribution < 1.29 is 0 Å². The molecule has 0 amide bonds. The van der Waals surface area contributed by atoms with Crippen molar-refractivity contribution in [3.05, 3.63) is 10.6 Å². The Bertz CT molecular complexity index is 511. The van der Waals surface area contributed by atoms with Gasteiger partial charge in [0.25, 0.3) is 0 Å². The summed E-state index contributed by atoms with van der Waals surface area (Å²) in [6.45, 7) is 0. The monoisotopic (exact) mass is 308 g/mol. The predicted octanol–water partition coefficient (Wildman–Crippen LogP) is 2.25. The van der Waals surface area contributed by atoms with Gasteiger partial charge < -0.3 is 4.90 Å². The average Bonchev–Trinajstić information content (AvgIpc) is 2.64. The molecule has 0 fully saturated rings. The van der Waals surface area contributed by atoms with Crippen LogP contribution >= 0.6 is 46.3 Å². The highest BCUT2D eigenvalue weighted by atomic mass is 35.5. The Morgan fingerprint density at radius 1 is 1.06 bits per heavy atom. The second-order valence-electron chi connectivity index (χ2n) is 3.00. The van der Waals surface area contributed by atoms with E-state index in [0.29, 0.717) is 9.50 Å². The molecule has 17 heavy (non-hydrogen) atoms. The van der Waals surface area contributed by atoms with Crippen LogP contribution in [0.1, 0.15) is 0 Å². The van der Waals surface area contributed by atoms with Gasteiger partial charge >= 0.3 is 0 Å². The van der Waals surface area contributed by atoms with Crippen LogP contribution in [0.15, 0.2) is 9.50 Å². The van der Waals surface area contributed by atoms with E-state index in [9.17, 15) is 0 Å². The number of rotatable bonds is 3. The highest BCUT2D eigenvalue weighted by molar-refractivity contribution is 8.00. The summed E-state index contributed by atoms with van der Waals surface area (Å²) >= 11 is 14.0. The Kier molecular flexibility index (Phi) is 3.97. The van der Waals surface area contributed by atoms with E-state index < -0.39 is 0 Å². The van der Waals surface area contributed by atoms with E-state index in [1.54, 1.807) is 0 Å². The molecule has 0 aromatic carbocycles. The highest BCUT2D eigenvalue weighted by Crippen LogP contribution is 2.31. The van der Waals surface area contributed by atoms with E-state index in [1.165, 1.54) is 23.1 Å². The number of aromatic nitrogens is 5. The second kappa shape index (κ2) is 5.30. The molecule has 2 rings (SSSR count). The van der Waals surface area contributed by atoms with E-state index in [4.69, 9.17) is 23.2 Å². The van der Waals surface area contributed by atoms with Crippen molar-refractivity contribution in [3.63, 3.8) is 0 Å². The van der Waals surface area contributed by atoms with Gasteiger partial charge in [-0.1, -0.05) is 11.3 Å². The molecule has 0 N–H and O–H groups in total. The molecule has 0 unspecified atom stereocenters. The molecule has 90 valence electrons. The van der Waals surface area contributed by atoms with Crippen LogP contribution in [0.4, 0.5) is 5.13 Å². The van der Waals surface area contributed by atoms with E-state index >= 15 is 0 Å². The zero-order valence-corrected chi connectivity index (χ0v) is 11.9. The number of anilines is 1. The lowest BCUT2D eigenvalue weighted by Crippen LogP contribution is -2.07. The van der Waals surface area contributed by atoms with Gasteiger partial charge in [-0.2, -0.15) is 15.0 Å². The molecule has 6 nitrogen and oxygen atoms in total. The Hall–Kier alpha value is -0.700. The maximum Gasteiger partial charge on any atom is 0.227 e. The summed E-state index contributed by atoms with van der Waals surface area (Å²) in [5, 5.41) is 9.31. The Balaban J connectivity index is 2.19. The fourth-order valence-corrected chi connectivity index (χ4v) is 2.94. The van der Waals surface area contributed by atoms with Crippen molar-refractivity contribution in [1.29, 1.82) is 0 Å². The zero-order chi connectivity index (χ0) is 12.4. The predicted molar refractivity (Wildman–Crippen MR) is 68.2 cm³/mol. The zero-order valence-electron chi connectivity index (χ0n) is 8.76. The van der Waals surface area contributed by atoms with Crippen LogP contribution < -0.4 is 4.90 Å². The van der Waals surface area contributed by atoms with E-state index in [2.05, 4.69) is 25.1 Å². The first kappa shape index (κ1) is 12.7. The summed E-state index contributed by atoms with van der Waals surface area (Å²) in [7, 11) is 3.79. The van der Waals surface area contributed by atoms with Gasteiger partial charge in [-0.15, -0.1) is 10.2 Å². The van der Waals surface area contributed by atoms with Gasteiger partial charge in [0.15, 0.2) is 9.50 Å². The van der Waals surface area contributed by atoms with Crippen molar-refractivity contribution in [2.24, 2.45) is 0 Å². The number of nitrogens with zero attached hydrogens (tertiary/aromatic N) is 6. The van der Waals surface area contributed by atoms with Gasteiger partial charge in [-0.3, -0.25) is 0 Å². The largest absolute Gasteiger partial charge is 0.353 e. The van der Waals surface area contributed by atoms with Crippen LogP contribution in [-0.4, -0.2) is 39.2 Å². The van der Waals surface area contributed by atoms with Gasteiger partial charge in [-0.25, -0.2) is 0 Å². The minimum atomic E-state index is 0.0600. The molecule has 0 spiro atoms. The third-order valence-electron chi connectivity index (χ3n) is 1.52. The fourth-order valence-electron chi connectivity index (χ4n) is 0.857. The molecule has 0 saturated heterocycles. The lowest BCUT2D eigenvalue weighted by Gasteiger charge is -2.03. The summed E-state index contributed by atoms with van der Waals surface area (Å²) in [5.74, 6) is 0. The molecule has 0 aliphatic rings. The summed E-state index contributed by atoms with van der Waals surface area (Å²) in [5.41, 5.74) is 0. The van der Waals surface area contributed by atoms with E-state index in [1.807, 2.05) is 19.0 Å². The van der Waals surface area contributed by atoms with E-state index in [0.717, 1.165) is 5.13 Å². The van der Waals surface area contributed by atoms with Gasteiger partial charge in [0.05, 0.1) is 0 Å². The minimum Gasteiger partial charge on any atom is -0.353 e. The molecule has 2 heterocycles. The Labute approximate surface area is 115 Å². The average molecular weight is 309 g/mol. The molecular formula is C7H6Cl2N6S2. The summed E-state index contributed by atoms with van der Waals surface area (Å²) < 4.78 is 0.715. The molecule has 2 aromatic heterocycles. The van der Waals surface area contributed by atoms with Crippen molar-refractivity contribution in [1.82, 2.24) is 25.1 Å². The third kappa shape index (κ3) is 3.38. The van der Waals surface area contributed by atoms with Gasteiger partial charge in [0, 0.05) is 14.1 Å². The lowest BCUT2D eigenvalue weighted by atomic mass is 10.9. The number of halogens is 2. The van der Waals surface area contributed by atoms with Crippen LogP contribution in [0, 0.1) is 0 Å². The standard InChI is InChI=1S/C7H6Cl2N6S2/c1-15(2)6-13-14-7(17-6)16-5-11-3(8)10-4(9)12-5/h1-2H3. The first-order chi connectivity index (χ1) is 8.04. The van der Waals surface area contributed by atoms with E-state index in [-0.39, 0.29) is 10.6 Å². The Morgan fingerprint density at radius 2 is 1.71 bits per heavy atom. The van der Waals surface area contributed by atoms with Crippen LogP contribution in [0.3, 0.4) is 0 Å². The number of hydrogen-bond donors (Lipinski definition) is 0. The fraction of sp³-hybridized carbons (Fsp3) is 0.286. The molecule has 0 bridgehead atoms. The third-order valence-corrected chi connectivity index (χ3v) is 3.86.